The lowest BCUT2D eigenvalue weighted by Gasteiger charge is -2.12. The van der Waals surface area contributed by atoms with Gasteiger partial charge in [-0.25, -0.2) is 4.99 Å². The van der Waals surface area contributed by atoms with Crippen LogP contribution in [0.5, 0.6) is 0 Å². The van der Waals surface area contributed by atoms with Gasteiger partial charge in [-0.15, -0.1) is 0 Å². The molecule has 2 aromatic rings. The average Bonchev–Trinajstić information content (AvgIpc) is 3.13. The molecule has 0 saturated carbocycles. The summed E-state index contributed by atoms with van der Waals surface area (Å²) in [6.07, 6.45) is 4.27. The molecule has 2 N–H and O–H groups in total. The van der Waals surface area contributed by atoms with Crippen molar-refractivity contribution in [3.63, 3.8) is 0 Å². The van der Waals surface area contributed by atoms with Crippen molar-refractivity contribution < 1.29 is 4.42 Å². The molecule has 0 atom stereocenters. The van der Waals surface area contributed by atoms with Gasteiger partial charge in [0.2, 0.25) is 0 Å². The van der Waals surface area contributed by atoms with E-state index in [0.717, 1.165) is 36.0 Å². The summed E-state index contributed by atoms with van der Waals surface area (Å²) in [5, 5.41) is 10.7. The number of aliphatic imine (C=N–C) groups is 1. The number of nitrogens with zero attached hydrogens (tertiary/aromatic N) is 3. The van der Waals surface area contributed by atoms with E-state index in [1.165, 1.54) is 0 Å². The van der Waals surface area contributed by atoms with Crippen LogP contribution < -0.4 is 10.6 Å². The number of guanidine groups is 1. The van der Waals surface area contributed by atoms with Crippen LogP contribution in [0.15, 0.2) is 52.2 Å². The second-order valence-electron chi connectivity index (χ2n) is 5.18. The minimum atomic E-state index is 0.572. The predicted octanol–water partition coefficient (Wildman–Crippen LogP) is 1.87. The highest BCUT2D eigenvalue weighted by atomic mass is 16.3. The number of aryl methyl sites for hydroxylation is 1. The summed E-state index contributed by atoms with van der Waals surface area (Å²) in [6.45, 7) is 7.89. The highest BCUT2D eigenvalue weighted by Gasteiger charge is 2.02. The second-order valence-corrected chi connectivity index (χ2v) is 5.18. The molecular formula is C16H23N5O. The first-order valence-electron chi connectivity index (χ1n) is 7.31. The summed E-state index contributed by atoms with van der Waals surface area (Å²) in [7, 11) is 1.91. The molecule has 0 aliphatic heterocycles. The van der Waals surface area contributed by atoms with Crippen LogP contribution in [-0.4, -0.2) is 28.8 Å². The van der Waals surface area contributed by atoms with Gasteiger partial charge in [0, 0.05) is 32.8 Å². The molecule has 0 amide bonds. The van der Waals surface area contributed by atoms with E-state index < -0.39 is 0 Å². The van der Waals surface area contributed by atoms with Gasteiger partial charge in [-0.05, 0) is 25.1 Å². The van der Waals surface area contributed by atoms with Crippen LogP contribution >= 0.6 is 0 Å². The third-order valence-electron chi connectivity index (χ3n) is 3.12. The Morgan fingerprint density at radius 2 is 2.27 bits per heavy atom. The molecule has 0 saturated heterocycles. The lowest BCUT2D eigenvalue weighted by Crippen LogP contribution is -2.39. The summed E-state index contributed by atoms with van der Waals surface area (Å²) in [6, 6.07) is 5.82. The number of aromatic nitrogens is 2. The molecular weight excluding hydrogens is 278 g/mol. The molecule has 0 bridgehead atoms. The van der Waals surface area contributed by atoms with Crippen molar-refractivity contribution >= 4 is 5.96 Å². The summed E-state index contributed by atoms with van der Waals surface area (Å²) in [4.78, 5) is 4.58. The minimum absolute atomic E-state index is 0.572. The summed E-state index contributed by atoms with van der Waals surface area (Å²) in [5.74, 6) is 1.72. The molecule has 0 aromatic carbocycles. The normalized spacial score (nSPS) is 11.5. The van der Waals surface area contributed by atoms with Gasteiger partial charge in [-0.1, -0.05) is 12.2 Å². The van der Waals surface area contributed by atoms with Gasteiger partial charge in [-0.3, -0.25) is 4.68 Å². The maximum Gasteiger partial charge on any atom is 0.191 e. The number of hydrogen-bond donors (Lipinski definition) is 2. The number of rotatable bonds is 7. The smallest absolute Gasteiger partial charge is 0.191 e. The molecule has 0 radical (unpaired) electrons. The predicted molar refractivity (Wildman–Crippen MR) is 87.6 cm³/mol. The molecule has 0 fully saturated rings. The molecule has 0 aliphatic rings. The monoisotopic (exact) mass is 301 g/mol. The molecule has 2 aromatic heterocycles. The fourth-order valence-corrected chi connectivity index (χ4v) is 1.88. The Labute approximate surface area is 130 Å². The first-order valence-corrected chi connectivity index (χ1v) is 7.31. The van der Waals surface area contributed by atoms with Crippen LogP contribution in [0.2, 0.25) is 0 Å². The standard InChI is InChI=1S/C16H23N5O/c1-13(2)11-18-16(17-8-7-15-5-4-10-22-15)19-12-14-6-9-20-21(14)3/h4-6,9-10H,1,7-8,11-12H2,2-3H3,(H2,17,18,19). The molecule has 118 valence electrons. The van der Waals surface area contributed by atoms with Crippen molar-refractivity contribution in [2.24, 2.45) is 12.0 Å². The van der Waals surface area contributed by atoms with Gasteiger partial charge in [0.1, 0.15) is 5.76 Å². The summed E-state index contributed by atoms with van der Waals surface area (Å²) < 4.78 is 7.14. The van der Waals surface area contributed by atoms with E-state index in [1.807, 2.05) is 36.9 Å². The number of furan rings is 1. The molecule has 22 heavy (non-hydrogen) atoms. The molecule has 0 unspecified atom stereocenters. The van der Waals surface area contributed by atoms with Gasteiger partial charge in [-0.2, -0.15) is 5.10 Å². The Balaban J connectivity index is 1.89. The van der Waals surface area contributed by atoms with Gasteiger partial charge >= 0.3 is 0 Å². The molecule has 6 heteroatoms. The maximum atomic E-state index is 5.32. The zero-order valence-electron chi connectivity index (χ0n) is 13.2. The van der Waals surface area contributed by atoms with E-state index in [9.17, 15) is 0 Å². The van der Waals surface area contributed by atoms with Crippen LogP contribution in [-0.2, 0) is 20.0 Å². The zero-order valence-corrected chi connectivity index (χ0v) is 13.2. The third kappa shape index (κ3) is 5.12. The van der Waals surface area contributed by atoms with Gasteiger partial charge in [0.15, 0.2) is 5.96 Å². The van der Waals surface area contributed by atoms with Gasteiger partial charge < -0.3 is 15.1 Å². The summed E-state index contributed by atoms with van der Waals surface area (Å²) >= 11 is 0. The lowest BCUT2D eigenvalue weighted by atomic mass is 10.3. The second kappa shape index (κ2) is 8.07. The van der Waals surface area contributed by atoms with Crippen LogP contribution in [0.3, 0.4) is 0 Å². The fourth-order valence-electron chi connectivity index (χ4n) is 1.88. The van der Waals surface area contributed by atoms with Crippen molar-refractivity contribution in [2.75, 3.05) is 13.1 Å². The molecule has 0 aliphatic carbocycles. The van der Waals surface area contributed by atoms with E-state index in [-0.39, 0.29) is 0 Å². The third-order valence-corrected chi connectivity index (χ3v) is 3.12. The van der Waals surface area contributed by atoms with E-state index >= 15 is 0 Å². The van der Waals surface area contributed by atoms with Crippen molar-refractivity contribution in [3.05, 3.63) is 54.3 Å². The SMILES string of the molecule is C=C(C)CNC(=NCc1ccnn1C)NCCc1ccco1. The maximum absolute atomic E-state index is 5.32. The number of hydrogen-bond acceptors (Lipinski definition) is 3. The number of nitrogens with one attached hydrogen (secondary N) is 2. The largest absolute Gasteiger partial charge is 0.469 e. The Bertz CT molecular complexity index is 612. The minimum Gasteiger partial charge on any atom is -0.469 e. The Morgan fingerprint density at radius 3 is 2.91 bits per heavy atom. The molecule has 0 spiro atoms. The molecule has 2 heterocycles. The van der Waals surface area contributed by atoms with Crippen LogP contribution in [0.25, 0.3) is 0 Å². The van der Waals surface area contributed by atoms with E-state index in [2.05, 4.69) is 27.3 Å². The van der Waals surface area contributed by atoms with Gasteiger partial charge in [0.25, 0.3) is 0 Å². The summed E-state index contributed by atoms with van der Waals surface area (Å²) in [5.41, 5.74) is 2.11. The van der Waals surface area contributed by atoms with E-state index in [4.69, 9.17) is 4.42 Å². The first kappa shape index (κ1) is 15.9. The molecule has 6 nitrogen and oxygen atoms in total. The van der Waals surface area contributed by atoms with Crippen molar-refractivity contribution in [1.29, 1.82) is 0 Å². The molecule has 2 rings (SSSR count). The average molecular weight is 301 g/mol. The Morgan fingerprint density at radius 1 is 1.41 bits per heavy atom. The van der Waals surface area contributed by atoms with Crippen LogP contribution in [0, 0.1) is 0 Å². The first-order chi connectivity index (χ1) is 10.6. The van der Waals surface area contributed by atoms with Crippen molar-refractivity contribution in [3.8, 4) is 0 Å². The Kier molecular flexibility index (Phi) is 5.82. The highest BCUT2D eigenvalue weighted by Crippen LogP contribution is 2.00. The Hall–Kier alpha value is -2.50. The van der Waals surface area contributed by atoms with Crippen LogP contribution in [0.4, 0.5) is 0 Å². The van der Waals surface area contributed by atoms with E-state index in [0.29, 0.717) is 13.1 Å². The highest BCUT2D eigenvalue weighted by molar-refractivity contribution is 5.80. The van der Waals surface area contributed by atoms with Gasteiger partial charge in [0.05, 0.1) is 18.5 Å². The van der Waals surface area contributed by atoms with Crippen molar-refractivity contribution in [1.82, 2.24) is 20.4 Å². The quantitative estimate of drug-likeness (QED) is 0.465. The zero-order chi connectivity index (χ0) is 15.8. The van der Waals surface area contributed by atoms with E-state index in [1.54, 1.807) is 12.5 Å². The lowest BCUT2D eigenvalue weighted by molar-refractivity contribution is 0.507. The topological polar surface area (TPSA) is 67.4 Å². The van der Waals surface area contributed by atoms with Crippen molar-refractivity contribution in [2.45, 2.75) is 19.9 Å². The fraction of sp³-hybridized carbons (Fsp3) is 0.375. The van der Waals surface area contributed by atoms with Crippen LogP contribution in [0.1, 0.15) is 18.4 Å².